The van der Waals surface area contributed by atoms with Crippen LogP contribution in [-0.4, -0.2) is 22.9 Å². The van der Waals surface area contributed by atoms with Gasteiger partial charge in [0.1, 0.15) is 0 Å². The number of esters is 1. The maximum absolute atomic E-state index is 12.5. The van der Waals surface area contributed by atoms with Crippen molar-refractivity contribution in [1.82, 2.24) is 4.57 Å². The zero-order chi connectivity index (χ0) is 18.5. The molecule has 4 nitrogen and oxygen atoms in total. The fourth-order valence-corrected chi connectivity index (χ4v) is 3.62. The average molecular weight is 367 g/mol. The Morgan fingerprint density at radius 1 is 1.08 bits per heavy atom. The molecule has 3 aromatic rings. The zero-order valence-electron chi connectivity index (χ0n) is 14.9. The second-order valence-electron chi connectivity index (χ2n) is 6.20. The average Bonchev–Trinajstić information content (AvgIpc) is 3.24. The van der Waals surface area contributed by atoms with Crippen LogP contribution in [0.1, 0.15) is 32.2 Å². The van der Waals surface area contributed by atoms with Crippen LogP contribution in [0.3, 0.4) is 0 Å². The van der Waals surface area contributed by atoms with Crippen molar-refractivity contribution in [3.05, 3.63) is 81.3 Å². The number of ketones is 1. The fraction of sp³-hybridized carbons (Fsp3) is 0.238. The van der Waals surface area contributed by atoms with Gasteiger partial charge in [0.15, 0.2) is 6.61 Å². The molecule has 0 atom stereocenters. The number of carbonyl (C=O) groups is 2. The molecule has 0 amide bonds. The minimum atomic E-state index is -0.392. The lowest BCUT2D eigenvalue weighted by Gasteiger charge is -2.08. The van der Waals surface area contributed by atoms with Gasteiger partial charge in [0.25, 0.3) is 0 Å². The molecule has 2 aromatic heterocycles. The number of benzene rings is 1. The monoisotopic (exact) mass is 367 g/mol. The molecule has 0 bridgehead atoms. The molecule has 0 saturated heterocycles. The van der Waals surface area contributed by atoms with Crippen LogP contribution in [-0.2, 0) is 22.5 Å². The summed E-state index contributed by atoms with van der Waals surface area (Å²) in [7, 11) is 0. The molecule has 0 radical (unpaired) electrons. The summed E-state index contributed by atoms with van der Waals surface area (Å²) in [5, 5.41) is 2.04. The summed E-state index contributed by atoms with van der Waals surface area (Å²) < 4.78 is 7.29. The number of aryl methyl sites for hydroxylation is 1. The Hall–Kier alpha value is -2.66. The van der Waals surface area contributed by atoms with Gasteiger partial charge in [-0.1, -0.05) is 36.4 Å². The van der Waals surface area contributed by atoms with Crippen LogP contribution in [0.4, 0.5) is 0 Å². The molecule has 0 aliphatic carbocycles. The summed E-state index contributed by atoms with van der Waals surface area (Å²) in [4.78, 5) is 25.7. The lowest BCUT2D eigenvalue weighted by Crippen LogP contribution is -2.16. The summed E-state index contributed by atoms with van der Waals surface area (Å²) in [6.07, 6.45) is 0.172. The zero-order valence-corrected chi connectivity index (χ0v) is 15.7. The summed E-state index contributed by atoms with van der Waals surface area (Å²) in [5.74, 6) is -0.561. The third kappa shape index (κ3) is 4.29. The van der Waals surface area contributed by atoms with Gasteiger partial charge in [-0.3, -0.25) is 9.59 Å². The molecule has 5 heteroatoms. The number of nitrogens with zero attached hydrogens (tertiary/aromatic N) is 1. The first-order chi connectivity index (χ1) is 12.5. The Balaban J connectivity index is 1.62. The number of carbonyl (C=O) groups excluding carboxylic acids is 2. The number of hydrogen-bond donors (Lipinski definition) is 0. The van der Waals surface area contributed by atoms with E-state index in [4.69, 9.17) is 4.74 Å². The van der Waals surface area contributed by atoms with E-state index in [1.165, 1.54) is 4.88 Å². The molecule has 0 spiro atoms. The number of thiophene rings is 1. The van der Waals surface area contributed by atoms with E-state index in [2.05, 4.69) is 10.6 Å². The molecule has 0 fully saturated rings. The highest BCUT2D eigenvalue weighted by Gasteiger charge is 2.17. The second-order valence-corrected chi connectivity index (χ2v) is 7.23. The molecule has 3 rings (SSSR count). The fourth-order valence-electron chi connectivity index (χ4n) is 2.92. The van der Waals surface area contributed by atoms with E-state index < -0.39 is 5.97 Å². The SMILES string of the molecule is Cc1cc(C(=O)COC(=O)Cc2ccccc2)c(C)n1Cc1cccs1. The predicted octanol–water partition coefficient (Wildman–Crippen LogP) is 4.18. The van der Waals surface area contributed by atoms with Crippen LogP contribution in [0.5, 0.6) is 0 Å². The molecule has 1 aromatic carbocycles. The quantitative estimate of drug-likeness (QED) is 0.465. The summed E-state index contributed by atoms with van der Waals surface area (Å²) >= 11 is 1.69. The maximum Gasteiger partial charge on any atom is 0.310 e. The predicted molar refractivity (Wildman–Crippen MR) is 103 cm³/mol. The Bertz CT molecular complexity index is 895. The molecule has 2 heterocycles. The van der Waals surface area contributed by atoms with Crippen molar-refractivity contribution in [2.45, 2.75) is 26.8 Å². The highest BCUT2D eigenvalue weighted by atomic mass is 32.1. The van der Waals surface area contributed by atoms with Gasteiger partial charge in [-0.15, -0.1) is 11.3 Å². The molecule has 0 N–H and O–H groups in total. The summed E-state index contributed by atoms with van der Waals surface area (Å²) in [6, 6.07) is 15.3. The van der Waals surface area contributed by atoms with Crippen molar-refractivity contribution in [2.75, 3.05) is 6.61 Å². The molecule has 0 saturated carbocycles. The second kappa shape index (κ2) is 8.15. The molecular weight excluding hydrogens is 346 g/mol. The highest BCUT2D eigenvalue weighted by molar-refractivity contribution is 7.09. The van der Waals surface area contributed by atoms with Crippen LogP contribution in [0.15, 0.2) is 53.9 Å². The van der Waals surface area contributed by atoms with Crippen molar-refractivity contribution in [1.29, 1.82) is 0 Å². The van der Waals surface area contributed by atoms with Gasteiger partial charge >= 0.3 is 5.97 Å². The molecule has 0 unspecified atom stereocenters. The largest absolute Gasteiger partial charge is 0.457 e. The third-order valence-corrected chi connectivity index (χ3v) is 5.18. The lowest BCUT2D eigenvalue weighted by atomic mass is 10.1. The topological polar surface area (TPSA) is 48.3 Å². The van der Waals surface area contributed by atoms with Crippen LogP contribution >= 0.6 is 11.3 Å². The molecule has 134 valence electrons. The molecule has 26 heavy (non-hydrogen) atoms. The third-order valence-electron chi connectivity index (χ3n) is 4.32. The van der Waals surface area contributed by atoms with Gasteiger partial charge in [0, 0.05) is 21.8 Å². The number of ether oxygens (including phenoxy) is 1. The van der Waals surface area contributed by atoms with Crippen molar-refractivity contribution in [3.63, 3.8) is 0 Å². The minimum Gasteiger partial charge on any atom is -0.457 e. The van der Waals surface area contributed by atoms with E-state index in [9.17, 15) is 9.59 Å². The summed E-state index contributed by atoms with van der Waals surface area (Å²) in [6.45, 7) is 4.43. The molecule has 0 aliphatic rings. The normalized spacial score (nSPS) is 10.7. The van der Waals surface area contributed by atoms with Crippen LogP contribution in [0.25, 0.3) is 0 Å². The maximum atomic E-state index is 12.5. The van der Waals surface area contributed by atoms with Crippen molar-refractivity contribution in [3.8, 4) is 0 Å². The van der Waals surface area contributed by atoms with E-state index >= 15 is 0 Å². The smallest absolute Gasteiger partial charge is 0.310 e. The minimum absolute atomic E-state index is 0.169. The molecular formula is C21H21NO3S. The van der Waals surface area contributed by atoms with Gasteiger partial charge in [0.05, 0.1) is 13.0 Å². The number of Topliss-reactive ketones (excluding diaryl/α,β-unsaturated/α-hetero) is 1. The van der Waals surface area contributed by atoms with Crippen LogP contribution in [0, 0.1) is 13.8 Å². The van der Waals surface area contributed by atoms with Gasteiger partial charge in [0.2, 0.25) is 5.78 Å². The molecule has 0 aliphatic heterocycles. The van der Waals surface area contributed by atoms with Gasteiger partial charge in [-0.2, -0.15) is 0 Å². The van der Waals surface area contributed by atoms with Crippen LogP contribution < -0.4 is 0 Å². The Morgan fingerprint density at radius 3 is 2.54 bits per heavy atom. The first kappa shape index (κ1) is 18.1. The van der Waals surface area contributed by atoms with E-state index in [1.54, 1.807) is 11.3 Å². The van der Waals surface area contributed by atoms with E-state index in [1.807, 2.05) is 61.7 Å². The number of aromatic nitrogens is 1. The van der Waals surface area contributed by atoms with Gasteiger partial charge in [-0.25, -0.2) is 0 Å². The van der Waals surface area contributed by atoms with Crippen molar-refractivity contribution in [2.24, 2.45) is 0 Å². The Morgan fingerprint density at radius 2 is 1.85 bits per heavy atom. The standard InChI is InChI=1S/C21H21NO3S/c1-15-11-19(16(2)22(15)13-18-9-6-10-26-18)20(23)14-25-21(24)12-17-7-4-3-5-8-17/h3-11H,12-14H2,1-2H3. The number of hydrogen-bond acceptors (Lipinski definition) is 4. The van der Waals surface area contributed by atoms with E-state index in [0.717, 1.165) is 23.5 Å². The summed E-state index contributed by atoms with van der Waals surface area (Å²) in [5.41, 5.74) is 3.42. The lowest BCUT2D eigenvalue weighted by molar-refractivity contribution is -0.141. The van der Waals surface area contributed by atoms with E-state index in [-0.39, 0.29) is 18.8 Å². The number of rotatable bonds is 7. The first-order valence-corrected chi connectivity index (χ1v) is 9.34. The van der Waals surface area contributed by atoms with Crippen molar-refractivity contribution >= 4 is 23.1 Å². The van der Waals surface area contributed by atoms with Gasteiger partial charge in [-0.05, 0) is 36.9 Å². The van der Waals surface area contributed by atoms with Gasteiger partial charge < -0.3 is 9.30 Å². The van der Waals surface area contributed by atoms with Crippen LogP contribution in [0.2, 0.25) is 0 Å². The Labute approximate surface area is 157 Å². The van der Waals surface area contributed by atoms with Crippen molar-refractivity contribution < 1.29 is 14.3 Å². The Kier molecular flexibility index (Phi) is 5.68. The highest BCUT2D eigenvalue weighted by Crippen LogP contribution is 2.20. The van der Waals surface area contributed by atoms with E-state index in [0.29, 0.717) is 5.56 Å². The first-order valence-electron chi connectivity index (χ1n) is 8.46.